The predicted molar refractivity (Wildman–Crippen MR) is 59.1 cm³/mol. The maximum atomic E-state index is 5.91. The molecule has 12 heavy (non-hydrogen) atoms. The molecule has 1 fully saturated rings. The minimum absolute atomic E-state index is 0.156. The molecule has 1 heterocycles. The summed E-state index contributed by atoms with van der Waals surface area (Å²) < 4.78 is 0. The van der Waals surface area contributed by atoms with Crippen molar-refractivity contribution in [1.82, 2.24) is 0 Å². The van der Waals surface area contributed by atoms with Crippen molar-refractivity contribution in [3.05, 3.63) is 12.7 Å². The highest BCUT2D eigenvalue weighted by atomic mass is 35.5. The lowest BCUT2D eigenvalue weighted by Gasteiger charge is -2.25. The average Bonchev–Trinajstić information content (AvgIpc) is 2.57. The van der Waals surface area contributed by atoms with Gasteiger partial charge in [0, 0.05) is 11.1 Å². The van der Waals surface area contributed by atoms with Gasteiger partial charge in [-0.3, -0.25) is 0 Å². The quantitative estimate of drug-likeness (QED) is 0.497. The Labute approximate surface area is 84.8 Å². The van der Waals surface area contributed by atoms with Gasteiger partial charge in [-0.2, -0.15) is 11.8 Å². The Balaban J connectivity index is 2.40. The summed E-state index contributed by atoms with van der Waals surface area (Å²) in [6.07, 6.45) is 5.96. The van der Waals surface area contributed by atoms with Gasteiger partial charge < -0.3 is 0 Å². The van der Waals surface area contributed by atoms with Gasteiger partial charge in [0.25, 0.3) is 0 Å². The summed E-state index contributed by atoms with van der Waals surface area (Å²) in [5.74, 6) is 2.04. The van der Waals surface area contributed by atoms with Gasteiger partial charge in [-0.25, -0.2) is 0 Å². The standard InChI is InChI=1S/C10H17ClS/c1-3-10(2,8-11)7-9-5-4-6-12-9/h3,9H,1,4-8H2,2H3. The Bertz CT molecular complexity index is 152. The first kappa shape index (κ1) is 10.5. The second kappa shape index (κ2) is 4.57. The highest BCUT2D eigenvalue weighted by molar-refractivity contribution is 8.00. The van der Waals surface area contributed by atoms with Crippen LogP contribution in [-0.2, 0) is 0 Å². The Morgan fingerprint density at radius 1 is 1.75 bits per heavy atom. The number of halogens is 1. The van der Waals surface area contributed by atoms with Crippen molar-refractivity contribution in [1.29, 1.82) is 0 Å². The third-order valence-electron chi connectivity index (χ3n) is 2.52. The van der Waals surface area contributed by atoms with Crippen LogP contribution in [0, 0.1) is 5.41 Å². The maximum absolute atomic E-state index is 5.91. The lowest BCUT2D eigenvalue weighted by atomic mass is 9.87. The Morgan fingerprint density at radius 2 is 2.50 bits per heavy atom. The normalized spacial score (nSPS) is 28.3. The van der Waals surface area contributed by atoms with Crippen LogP contribution < -0.4 is 0 Å². The molecular weight excluding hydrogens is 188 g/mol. The lowest BCUT2D eigenvalue weighted by molar-refractivity contribution is 0.433. The molecular formula is C10H17ClS. The molecule has 0 saturated carbocycles. The van der Waals surface area contributed by atoms with Gasteiger partial charge in [-0.15, -0.1) is 18.2 Å². The van der Waals surface area contributed by atoms with Crippen LogP contribution >= 0.6 is 23.4 Å². The van der Waals surface area contributed by atoms with Crippen molar-refractivity contribution in [2.45, 2.75) is 31.4 Å². The Morgan fingerprint density at radius 3 is 2.92 bits per heavy atom. The molecule has 0 radical (unpaired) electrons. The molecule has 0 aromatic rings. The number of hydrogen-bond acceptors (Lipinski definition) is 1. The summed E-state index contributed by atoms with van der Waals surface area (Å²) in [4.78, 5) is 0. The summed E-state index contributed by atoms with van der Waals surface area (Å²) >= 11 is 8.00. The minimum atomic E-state index is 0.156. The van der Waals surface area contributed by atoms with E-state index >= 15 is 0 Å². The largest absolute Gasteiger partial charge is 0.159 e. The summed E-state index contributed by atoms with van der Waals surface area (Å²) in [6, 6.07) is 0. The van der Waals surface area contributed by atoms with Gasteiger partial charge in [0.2, 0.25) is 0 Å². The van der Waals surface area contributed by atoms with Crippen LogP contribution in [0.1, 0.15) is 26.2 Å². The van der Waals surface area contributed by atoms with Crippen molar-refractivity contribution < 1.29 is 0 Å². The fraction of sp³-hybridized carbons (Fsp3) is 0.800. The van der Waals surface area contributed by atoms with Crippen LogP contribution in [0.3, 0.4) is 0 Å². The molecule has 1 aliphatic rings. The summed E-state index contributed by atoms with van der Waals surface area (Å²) in [7, 11) is 0. The first-order chi connectivity index (χ1) is 5.70. The molecule has 0 aliphatic carbocycles. The van der Waals surface area contributed by atoms with Gasteiger partial charge in [0.15, 0.2) is 0 Å². The molecule has 2 atom stereocenters. The zero-order valence-electron chi connectivity index (χ0n) is 7.68. The molecule has 0 aromatic carbocycles. The molecule has 1 aliphatic heterocycles. The van der Waals surface area contributed by atoms with Gasteiger partial charge in [-0.05, 0) is 30.4 Å². The number of hydrogen-bond donors (Lipinski definition) is 0. The van der Waals surface area contributed by atoms with E-state index in [1.165, 1.54) is 25.0 Å². The second-order valence-electron chi connectivity index (χ2n) is 3.83. The van der Waals surface area contributed by atoms with E-state index in [2.05, 4.69) is 25.3 Å². The van der Waals surface area contributed by atoms with Crippen molar-refractivity contribution in [2.24, 2.45) is 5.41 Å². The summed E-state index contributed by atoms with van der Waals surface area (Å²) in [5, 5.41) is 0.826. The molecule has 2 unspecified atom stereocenters. The van der Waals surface area contributed by atoms with E-state index in [-0.39, 0.29) is 5.41 Å². The molecule has 70 valence electrons. The van der Waals surface area contributed by atoms with E-state index in [1.54, 1.807) is 0 Å². The molecule has 0 bridgehead atoms. The van der Waals surface area contributed by atoms with Crippen molar-refractivity contribution in [2.75, 3.05) is 11.6 Å². The van der Waals surface area contributed by atoms with Crippen molar-refractivity contribution in [3.63, 3.8) is 0 Å². The molecule has 0 aromatic heterocycles. The first-order valence-corrected chi connectivity index (χ1v) is 6.10. The third-order valence-corrected chi connectivity index (χ3v) is 4.52. The predicted octanol–water partition coefficient (Wildman–Crippen LogP) is 3.70. The summed E-state index contributed by atoms with van der Waals surface area (Å²) in [6.45, 7) is 6.05. The zero-order valence-corrected chi connectivity index (χ0v) is 9.26. The first-order valence-electron chi connectivity index (χ1n) is 4.51. The molecule has 0 spiro atoms. The van der Waals surface area contributed by atoms with E-state index in [0.29, 0.717) is 5.88 Å². The molecule has 0 nitrogen and oxygen atoms in total. The zero-order chi connectivity index (χ0) is 9.03. The number of thioether (sulfide) groups is 1. The van der Waals surface area contributed by atoms with Crippen molar-refractivity contribution in [3.8, 4) is 0 Å². The van der Waals surface area contributed by atoms with Crippen LogP contribution in [0.25, 0.3) is 0 Å². The van der Waals surface area contributed by atoms with Gasteiger partial charge in [0.1, 0.15) is 0 Å². The topological polar surface area (TPSA) is 0 Å². The van der Waals surface area contributed by atoms with E-state index < -0.39 is 0 Å². The number of allylic oxidation sites excluding steroid dienone is 1. The van der Waals surface area contributed by atoms with Crippen LogP contribution in [0.2, 0.25) is 0 Å². The van der Waals surface area contributed by atoms with E-state index in [0.717, 1.165) is 5.25 Å². The van der Waals surface area contributed by atoms with Crippen LogP contribution in [0.15, 0.2) is 12.7 Å². The third kappa shape index (κ3) is 2.70. The van der Waals surface area contributed by atoms with Gasteiger partial charge in [-0.1, -0.05) is 13.0 Å². The minimum Gasteiger partial charge on any atom is -0.159 e. The lowest BCUT2D eigenvalue weighted by Crippen LogP contribution is -2.20. The highest BCUT2D eigenvalue weighted by Crippen LogP contribution is 2.37. The molecule has 0 amide bonds. The fourth-order valence-corrected chi connectivity index (χ4v) is 3.23. The maximum Gasteiger partial charge on any atom is 0.0312 e. The van der Waals surface area contributed by atoms with Crippen LogP contribution in [0.4, 0.5) is 0 Å². The molecule has 1 rings (SSSR count). The van der Waals surface area contributed by atoms with Crippen LogP contribution in [0.5, 0.6) is 0 Å². The fourth-order valence-electron chi connectivity index (χ4n) is 1.52. The van der Waals surface area contributed by atoms with E-state index in [4.69, 9.17) is 11.6 Å². The SMILES string of the molecule is C=CC(C)(CCl)CC1CCCS1. The summed E-state index contributed by atoms with van der Waals surface area (Å²) in [5.41, 5.74) is 0.156. The smallest absolute Gasteiger partial charge is 0.0312 e. The highest BCUT2D eigenvalue weighted by Gasteiger charge is 2.26. The number of rotatable bonds is 4. The van der Waals surface area contributed by atoms with Crippen LogP contribution in [-0.4, -0.2) is 16.9 Å². The van der Waals surface area contributed by atoms with E-state index in [1.807, 2.05) is 6.08 Å². The molecule has 0 N–H and O–H groups in total. The van der Waals surface area contributed by atoms with Gasteiger partial charge in [0.05, 0.1) is 0 Å². The monoisotopic (exact) mass is 204 g/mol. The van der Waals surface area contributed by atoms with Crippen molar-refractivity contribution >= 4 is 23.4 Å². The number of alkyl halides is 1. The average molecular weight is 205 g/mol. The van der Waals surface area contributed by atoms with Gasteiger partial charge >= 0.3 is 0 Å². The Kier molecular flexibility index (Phi) is 3.98. The second-order valence-corrected chi connectivity index (χ2v) is 5.51. The molecule has 1 saturated heterocycles. The molecule has 2 heteroatoms. The van der Waals surface area contributed by atoms with E-state index in [9.17, 15) is 0 Å². The Hall–Kier alpha value is 0.380.